The van der Waals surface area contributed by atoms with Crippen LogP contribution in [-0.2, 0) is 9.53 Å². The number of carbonyl (C=O) groups is 1. The van der Waals surface area contributed by atoms with Gasteiger partial charge in [-0.25, -0.2) is 0 Å². The van der Waals surface area contributed by atoms with Gasteiger partial charge in [-0.05, 0) is 49.7 Å². The fraction of sp³-hybridized carbons (Fsp3) is 0.458. The number of carbonyl (C=O) groups excluding carboxylic acids is 1. The zero-order valence-corrected chi connectivity index (χ0v) is 18.1. The smallest absolute Gasteiger partial charge is 0.243 e. The van der Waals surface area contributed by atoms with E-state index in [1.807, 2.05) is 55.5 Å². The first kappa shape index (κ1) is 23.5. The largest absolute Gasteiger partial charge is 0.494 e. The Morgan fingerprint density at radius 1 is 0.833 bits per heavy atom. The van der Waals surface area contributed by atoms with Gasteiger partial charge in [0, 0.05) is 24.0 Å². The molecular formula is C24H34N2O4. The van der Waals surface area contributed by atoms with Crippen LogP contribution in [0.4, 0.5) is 11.4 Å². The van der Waals surface area contributed by atoms with Crippen LogP contribution in [0.3, 0.4) is 0 Å². The molecule has 0 aromatic heterocycles. The minimum Gasteiger partial charge on any atom is -0.494 e. The van der Waals surface area contributed by atoms with Crippen molar-refractivity contribution < 1.29 is 19.0 Å². The highest BCUT2D eigenvalue weighted by atomic mass is 16.5. The number of nitrogens with one attached hydrogen (secondary N) is 2. The first-order chi connectivity index (χ1) is 14.7. The van der Waals surface area contributed by atoms with Crippen molar-refractivity contribution in [3.05, 3.63) is 48.5 Å². The molecule has 2 N–H and O–H groups in total. The maximum Gasteiger partial charge on any atom is 0.243 e. The quantitative estimate of drug-likeness (QED) is 0.396. The lowest BCUT2D eigenvalue weighted by atomic mass is 10.2. The van der Waals surface area contributed by atoms with E-state index in [0.29, 0.717) is 19.8 Å². The fourth-order valence-corrected chi connectivity index (χ4v) is 2.80. The van der Waals surface area contributed by atoms with E-state index in [-0.39, 0.29) is 12.5 Å². The summed E-state index contributed by atoms with van der Waals surface area (Å²) in [7, 11) is 0. The zero-order valence-electron chi connectivity index (χ0n) is 18.1. The van der Waals surface area contributed by atoms with Gasteiger partial charge in [0.2, 0.25) is 5.91 Å². The summed E-state index contributed by atoms with van der Waals surface area (Å²) in [6, 6.07) is 15.0. The molecule has 0 saturated carbocycles. The normalized spacial score (nSPS) is 10.5. The molecular weight excluding hydrogens is 380 g/mol. The number of hydrogen-bond donors (Lipinski definition) is 2. The molecule has 0 unspecified atom stereocenters. The van der Waals surface area contributed by atoms with Crippen LogP contribution in [0.2, 0.25) is 0 Å². The van der Waals surface area contributed by atoms with Gasteiger partial charge in [0.25, 0.3) is 0 Å². The highest BCUT2D eigenvalue weighted by molar-refractivity contribution is 5.93. The van der Waals surface area contributed by atoms with Crippen LogP contribution in [-0.4, -0.2) is 38.9 Å². The number of hydrogen-bond acceptors (Lipinski definition) is 5. The van der Waals surface area contributed by atoms with Crippen molar-refractivity contribution in [1.82, 2.24) is 0 Å². The van der Waals surface area contributed by atoms with Gasteiger partial charge in [0.1, 0.15) is 18.1 Å². The van der Waals surface area contributed by atoms with E-state index < -0.39 is 0 Å². The SMILES string of the molecule is CCCCCCOc1cccc(NCC(=O)Nc2ccc(OCCOCC)cc2)c1. The number of amides is 1. The van der Waals surface area contributed by atoms with Crippen LogP contribution in [0, 0.1) is 0 Å². The Labute approximate surface area is 179 Å². The van der Waals surface area contributed by atoms with Crippen LogP contribution >= 0.6 is 0 Å². The van der Waals surface area contributed by atoms with Crippen molar-refractivity contribution in [2.45, 2.75) is 39.5 Å². The Balaban J connectivity index is 1.70. The molecule has 2 rings (SSSR count). The first-order valence-electron chi connectivity index (χ1n) is 10.8. The summed E-state index contributed by atoms with van der Waals surface area (Å²) in [6.07, 6.45) is 4.71. The number of anilines is 2. The lowest BCUT2D eigenvalue weighted by molar-refractivity contribution is -0.114. The minimum absolute atomic E-state index is 0.120. The molecule has 2 aromatic rings. The van der Waals surface area contributed by atoms with E-state index in [4.69, 9.17) is 14.2 Å². The summed E-state index contributed by atoms with van der Waals surface area (Å²) in [5.41, 5.74) is 1.58. The Kier molecular flexibility index (Phi) is 11.2. The lowest BCUT2D eigenvalue weighted by Gasteiger charge is -2.11. The standard InChI is InChI=1S/C24H34N2O4/c1-3-5-6-7-15-29-23-10-8-9-21(18-23)25-19-24(27)26-20-11-13-22(14-12-20)30-17-16-28-4-2/h8-14,18,25H,3-7,15-17,19H2,1-2H3,(H,26,27). The highest BCUT2D eigenvalue weighted by Gasteiger charge is 2.04. The van der Waals surface area contributed by atoms with Crippen LogP contribution < -0.4 is 20.1 Å². The number of ether oxygens (including phenoxy) is 3. The average Bonchev–Trinajstić information content (AvgIpc) is 2.77. The summed E-state index contributed by atoms with van der Waals surface area (Å²) in [4.78, 5) is 12.2. The molecule has 1 amide bonds. The fourth-order valence-electron chi connectivity index (χ4n) is 2.80. The Bertz CT molecular complexity index is 734. The van der Waals surface area contributed by atoms with E-state index in [9.17, 15) is 4.79 Å². The predicted molar refractivity (Wildman–Crippen MR) is 122 cm³/mol. The van der Waals surface area contributed by atoms with Crippen molar-refractivity contribution in [2.24, 2.45) is 0 Å². The van der Waals surface area contributed by atoms with Gasteiger partial charge >= 0.3 is 0 Å². The topological polar surface area (TPSA) is 68.8 Å². The van der Waals surface area contributed by atoms with Crippen LogP contribution in [0.15, 0.2) is 48.5 Å². The molecule has 0 spiro atoms. The van der Waals surface area contributed by atoms with Gasteiger partial charge in [-0.15, -0.1) is 0 Å². The summed E-state index contributed by atoms with van der Waals surface area (Å²) in [6.45, 7) is 6.78. The Morgan fingerprint density at radius 2 is 1.63 bits per heavy atom. The third-order valence-electron chi connectivity index (χ3n) is 4.39. The van der Waals surface area contributed by atoms with E-state index in [1.54, 1.807) is 0 Å². The van der Waals surface area contributed by atoms with Crippen molar-refractivity contribution in [3.8, 4) is 11.5 Å². The van der Waals surface area contributed by atoms with E-state index >= 15 is 0 Å². The van der Waals surface area contributed by atoms with Gasteiger partial charge in [0.15, 0.2) is 0 Å². The highest BCUT2D eigenvalue weighted by Crippen LogP contribution is 2.18. The second-order valence-corrected chi connectivity index (χ2v) is 6.91. The monoisotopic (exact) mass is 414 g/mol. The number of benzene rings is 2. The number of unbranched alkanes of at least 4 members (excludes halogenated alkanes) is 3. The molecule has 2 aromatic carbocycles. The second kappa shape index (κ2) is 14.3. The zero-order chi connectivity index (χ0) is 21.4. The second-order valence-electron chi connectivity index (χ2n) is 6.91. The maximum absolute atomic E-state index is 12.2. The Hall–Kier alpha value is -2.73. The minimum atomic E-state index is -0.120. The van der Waals surface area contributed by atoms with E-state index in [1.165, 1.54) is 19.3 Å². The van der Waals surface area contributed by atoms with Crippen LogP contribution in [0.25, 0.3) is 0 Å². The van der Waals surface area contributed by atoms with Gasteiger partial charge in [-0.2, -0.15) is 0 Å². The third kappa shape index (κ3) is 9.65. The molecule has 0 aliphatic heterocycles. The summed E-state index contributed by atoms with van der Waals surface area (Å²) in [5, 5.41) is 6.01. The van der Waals surface area contributed by atoms with Crippen molar-refractivity contribution in [2.75, 3.05) is 43.6 Å². The molecule has 0 radical (unpaired) electrons. The number of rotatable bonds is 15. The van der Waals surface area contributed by atoms with Crippen molar-refractivity contribution >= 4 is 17.3 Å². The van der Waals surface area contributed by atoms with Gasteiger partial charge < -0.3 is 24.8 Å². The molecule has 0 atom stereocenters. The molecule has 6 heteroatoms. The first-order valence-corrected chi connectivity index (χ1v) is 10.8. The van der Waals surface area contributed by atoms with E-state index in [2.05, 4.69) is 17.6 Å². The molecule has 0 aliphatic carbocycles. The molecule has 6 nitrogen and oxygen atoms in total. The summed E-state index contributed by atoms with van der Waals surface area (Å²) >= 11 is 0. The molecule has 0 aliphatic rings. The molecule has 0 saturated heterocycles. The molecule has 0 fully saturated rings. The molecule has 0 heterocycles. The van der Waals surface area contributed by atoms with Gasteiger partial charge in [0.05, 0.1) is 19.8 Å². The lowest BCUT2D eigenvalue weighted by Crippen LogP contribution is -2.21. The van der Waals surface area contributed by atoms with Crippen molar-refractivity contribution in [3.63, 3.8) is 0 Å². The third-order valence-corrected chi connectivity index (χ3v) is 4.39. The summed E-state index contributed by atoms with van der Waals surface area (Å²) < 4.78 is 16.6. The maximum atomic E-state index is 12.2. The van der Waals surface area contributed by atoms with Crippen molar-refractivity contribution in [1.29, 1.82) is 0 Å². The van der Waals surface area contributed by atoms with Gasteiger partial charge in [-0.3, -0.25) is 4.79 Å². The van der Waals surface area contributed by atoms with Crippen LogP contribution in [0.1, 0.15) is 39.5 Å². The van der Waals surface area contributed by atoms with Crippen LogP contribution in [0.5, 0.6) is 11.5 Å². The average molecular weight is 415 g/mol. The Morgan fingerprint density at radius 3 is 2.40 bits per heavy atom. The molecule has 164 valence electrons. The predicted octanol–water partition coefficient (Wildman–Crippen LogP) is 5.11. The van der Waals surface area contributed by atoms with E-state index in [0.717, 1.165) is 35.9 Å². The summed E-state index contributed by atoms with van der Waals surface area (Å²) in [5.74, 6) is 1.44. The van der Waals surface area contributed by atoms with Gasteiger partial charge in [-0.1, -0.05) is 32.3 Å². The molecule has 0 bridgehead atoms. The molecule has 30 heavy (non-hydrogen) atoms.